The summed E-state index contributed by atoms with van der Waals surface area (Å²) in [6.45, 7) is 4.10. The molecule has 0 N–H and O–H groups in total. The summed E-state index contributed by atoms with van der Waals surface area (Å²) in [7, 11) is 0. The fourth-order valence-corrected chi connectivity index (χ4v) is 2.20. The molecule has 0 spiro atoms. The van der Waals surface area contributed by atoms with Gasteiger partial charge in [0, 0.05) is 16.6 Å². The Hall–Kier alpha value is -1.41. The lowest BCUT2D eigenvalue weighted by Crippen LogP contribution is -1.87. The number of hydrogen-bond donors (Lipinski definition) is 0. The molecule has 0 bridgehead atoms. The number of thiophene rings is 1. The molecule has 1 nitrogen and oxygen atoms in total. The van der Waals surface area contributed by atoms with E-state index in [1.54, 1.807) is 11.3 Å². The summed E-state index contributed by atoms with van der Waals surface area (Å²) in [6.07, 6.45) is 5.99. The summed E-state index contributed by atoms with van der Waals surface area (Å²) in [6, 6.07) is 6.37. The highest BCUT2D eigenvalue weighted by atomic mass is 32.1. The molecule has 2 heteroatoms. The Morgan fingerprint density at radius 3 is 2.87 bits per heavy atom. The summed E-state index contributed by atoms with van der Waals surface area (Å²) in [4.78, 5) is 5.72. The second-order valence-electron chi connectivity index (χ2n) is 3.40. The fourth-order valence-electron chi connectivity index (χ4n) is 1.50. The normalized spacial score (nSPS) is 11.1. The Kier molecular flexibility index (Phi) is 2.97. The molecule has 0 unspecified atom stereocenters. The van der Waals surface area contributed by atoms with Gasteiger partial charge < -0.3 is 0 Å². The van der Waals surface area contributed by atoms with Crippen LogP contribution in [0.2, 0.25) is 0 Å². The van der Waals surface area contributed by atoms with Crippen LogP contribution in [0.5, 0.6) is 0 Å². The molecule has 0 saturated carbocycles. The number of hydrogen-bond acceptors (Lipinski definition) is 2. The van der Waals surface area contributed by atoms with Crippen molar-refractivity contribution < 1.29 is 0 Å². The highest BCUT2D eigenvalue weighted by Gasteiger charge is 2.01. The van der Waals surface area contributed by atoms with Gasteiger partial charge in [-0.05, 0) is 43.0 Å². The van der Waals surface area contributed by atoms with Crippen LogP contribution < -0.4 is 0 Å². The molecule has 2 heterocycles. The van der Waals surface area contributed by atoms with Crippen LogP contribution in [0.15, 0.2) is 35.9 Å². The third-order valence-electron chi connectivity index (χ3n) is 2.25. The van der Waals surface area contributed by atoms with Crippen molar-refractivity contribution in [1.82, 2.24) is 4.98 Å². The number of nitrogens with zero attached hydrogens (tertiary/aromatic N) is 1. The minimum absolute atomic E-state index is 1.05. The molecule has 0 fully saturated rings. The van der Waals surface area contributed by atoms with Gasteiger partial charge in [-0.25, -0.2) is 0 Å². The van der Waals surface area contributed by atoms with Crippen molar-refractivity contribution in [2.75, 3.05) is 0 Å². The molecule has 0 amide bonds. The third kappa shape index (κ3) is 2.16. The van der Waals surface area contributed by atoms with Crippen LogP contribution in [0.1, 0.15) is 18.2 Å². The van der Waals surface area contributed by atoms with Crippen molar-refractivity contribution in [3.8, 4) is 10.4 Å². The molecule has 0 aliphatic carbocycles. The Morgan fingerprint density at radius 1 is 1.40 bits per heavy atom. The van der Waals surface area contributed by atoms with Crippen molar-refractivity contribution in [3.05, 3.63) is 47.1 Å². The molecule has 0 aliphatic heterocycles. The van der Waals surface area contributed by atoms with E-state index in [4.69, 9.17) is 0 Å². The Bertz CT molecular complexity index is 469. The van der Waals surface area contributed by atoms with Gasteiger partial charge in [-0.15, -0.1) is 11.3 Å². The highest BCUT2D eigenvalue weighted by Crippen LogP contribution is 2.25. The summed E-state index contributed by atoms with van der Waals surface area (Å²) in [5.41, 5.74) is 3.48. The molecular formula is C13H13NS. The molecule has 2 aromatic rings. The molecular weight excluding hydrogens is 202 g/mol. The first kappa shape index (κ1) is 10.1. The molecule has 15 heavy (non-hydrogen) atoms. The van der Waals surface area contributed by atoms with Gasteiger partial charge in [0.15, 0.2) is 0 Å². The van der Waals surface area contributed by atoms with Crippen LogP contribution in [0.3, 0.4) is 0 Å². The van der Waals surface area contributed by atoms with Crippen LogP contribution in [-0.2, 0) is 0 Å². The number of rotatable bonds is 2. The SMILES string of the molecule is C/C=C\c1ncc(-c2cccs2)cc1C. The van der Waals surface area contributed by atoms with Gasteiger partial charge in [-0.3, -0.25) is 4.98 Å². The topological polar surface area (TPSA) is 12.9 Å². The average Bonchev–Trinajstić information content (AvgIpc) is 2.74. The zero-order chi connectivity index (χ0) is 10.7. The summed E-state index contributed by atoms with van der Waals surface area (Å²) < 4.78 is 0. The maximum absolute atomic E-state index is 4.44. The molecule has 0 atom stereocenters. The van der Waals surface area contributed by atoms with Gasteiger partial charge in [-0.2, -0.15) is 0 Å². The van der Waals surface area contributed by atoms with Crippen molar-refractivity contribution in [2.24, 2.45) is 0 Å². The van der Waals surface area contributed by atoms with Crippen LogP contribution in [0, 0.1) is 6.92 Å². The van der Waals surface area contributed by atoms with Gasteiger partial charge >= 0.3 is 0 Å². The Balaban J connectivity index is 2.42. The maximum Gasteiger partial charge on any atom is 0.0655 e. The monoisotopic (exact) mass is 215 g/mol. The van der Waals surface area contributed by atoms with Gasteiger partial charge in [0.25, 0.3) is 0 Å². The Labute approximate surface area is 94.1 Å². The van der Waals surface area contributed by atoms with E-state index in [-0.39, 0.29) is 0 Å². The number of allylic oxidation sites excluding steroid dienone is 1. The molecule has 0 aromatic carbocycles. The highest BCUT2D eigenvalue weighted by molar-refractivity contribution is 7.13. The van der Waals surface area contributed by atoms with E-state index in [2.05, 4.69) is 35.5 Å². The molecule has 0 saturated heterocycles. The van der Waals surface area contributed by atoms with Crippen molar-refractivity contribution >= 4 is 17.4 Å². The quantitative estimate of drug-likeness (QED) is 0.733. The molecule has 76 valence electrons. The second-order valence-corrected chi connectivity index (χ2v) is 4.35. The standard InChI is InChI=1S/C13H13NS/c1-3-5-12-10(2)8-11(9-14-12)13-6-4-7-15-13/h3-9H,1-2H3/b5-3-. The van der Waals surface area contributed by atoms with E-state index in [9.17, 15) is 0 Å². The average molecular weight is 215 g/mol. The number of aromatic nitrogens is 1. The minimum Gasteiger partial charge on any atom is -0.256 e. The van der Waals surface area contributed by atoms with Crippen molar-refractivity contribution in [3.63, 3.8) is 0 Å². The van der Waals surface area contributed by atoms with E-state index in [0.717, 1.165) is 5.69 Å². The van der Waals surface area contributed by atoms with E-state index in [1.165, 1.54) is 16.0 Å². The lowest BCUT2D eigenvalue weighted by Gasteiger charge is -2.02. The van der Waals surface area contributed by atoms with Crippen molar-refractivity contribution in [1.29, 1.82) is 0 Å². The van der Waals surface area contributed by atoms with E-state index < -0.39 is 0 Å². The van der Waals surface area contributed by atoms with Crippen LogP contribution >= 0.6 is 11.3 Å². The predicted molar refractivity (Wildman–Crippen MR) is 67.0 cm³/mol. The third-order valence-corrected chi connectivity index (χ3v) is 3.17. The Morgan fingerprint density at radius 2 is 2.27 bits per heavy atom. The minimum atomic E-state index is 1.05. The fraction of sp³-hybridized carbons (Fsp3) is 0.154. The van der Waals surface area contributed by atoms with Gasteiger partial charge in [0.1, 0.15) is 0 Å². The summed E-state index contributed by atoms with van der Waals surface area (Å²) in [5, 5.41) is 2.09. The maximum atomic E-state index is 4.44. The van der Waals surface area contributed by atoms with Crippen molar-refractivity contribution in [2.45, 2.75) is 13.8 Å². The lowest BCUT2D eigenvalue weighted by molar-refractivity contribution is 1.24. The summed E-state index contributed by atoms with van der Waals surface area (Å²) >= 11 is 1.75. The van der Waals surface area contributed by atoms with E-state index in [1.807, 2.05) is 25.3 Å². The van der Waals surface area contributed by atoms with Crippen LogP contribution in [0.4, 0.5) is 0 Å². The van der Waals surface area contributed by atoms with Gasteiger partial charge in [-0.1, -0.05) is 12.1 Å². The van der Waals surface area contributed by atoms with E-state index >= 15 is 0 Å². The number of aryl methyl sites for hydroxylation is 1. The van der Waals surface area contributed by atoms with E-state index in [0.29, 0.717) is 0 Å². The largest absolute Gasteiger partial charge is 0.256 e. The number of pyridine rings is 1. The van der Waals surface area contributed by atoms with Gasteiger partial charge in [0.05, 0.1) is 5.69 Å². The smallest absolute Gasteiger partial charge is 0.0655 e. The predicted octanol–water partition coefficient (Wildman–Crippen LogP) is 4.15. The molecule has 2 rings (SSSR count). The second kappa shape index (κ2) is 4.41. The van der Waals surface area contributed by atoms with Crippen LogP contribution in [-0.4, -0.2) is 4.98 Å². The zero-order valence-electron chi connectivity index (χ0n) is 8.90. The molecule has 0 radical (unpaired) electrons. The summed E-state index contributed by atoms with van der Waals surface area (Å²) in [5.74, 6) is 0. The first-order chi connectivity index (χ1) is 7.31. The lowest BCUT2D eigenvalue weighted by atomic mass is 10.1. The first-order valence-corrected chi connectivity index (χ1v) is 5.82. The molecule has 0 aliphatic rings. The first-order valence-electron chi connectivity index (χ1n) is 4.94. The van der Waals surface area contributed by atoms with Crippen LogP contribution in [0.25, 0.3) is 16.5 Å². The molecule has 2 aromatic heterocycles. The zero-order valence-corrected chi connectivity index (χ0v) is 9.71. The van der Waals surface area contributed by atoms with Gasteiger partial charge in [0.2, 0.25) is 0 Å².